The van der Waals surface area contributed by atoms with Gasteiger partial charge >= 0.3 is 0 Å². The number of carbonyl (C=O) groups is 2. The normalized spacial score (nSPS) is 21.0. The van der Waals surface area contributed by atoms with Crippen molar-refractivity contribution in [3.05, 3.63) is 65.5 Å². The molecule has 0 bridgehead atoms. The number of sulfonamides is 1. The number of fused-ring (bicyclic) bond motifs is 1. The standard InChI is InChI=1S/C22H22N4O4S/c27-20-12-19(31(29,30)26-20)14-7-5-13(6-8-14)11-18(25-22(28)15-9-10-15)21-23-16-3-1-2-4-17(16)24-21/h1-8,15,18-19H,9-12H2,(H,23,24)(H,25,28)(H,26,27)/t18-,19?/m0/s1. The number of imidazole rings is 1. The molecule has 1 aromatic heterocycles. The second-order valence-corrected chi connectivity index (χ2v) is 10.0. The number of hydrogen-bond donors (Lipinski definition) is 3. The number of benzene rings is 2. The number of hydrogen-bond acceptors (Lipinski definition) is 5. The Balaban J connectivity index is 1.39. The van der Waals surface area contributed by atoms with E-state index in [2.05, 4.69) is 15.3 Å². The number of rotatable bonds is 6. The third-order valence-corrected chi connectivity index (χ3v) is 7.50. The Hall–Kier alpha value is -3.20. The largest absolute Gasteiger partial charge is 0.346 e. The number of amides is 2. The zero-order valence-corrected chi connectivity index (χ0v) is 17.5. The summed E-state index contributed by atoms with van der Waals surface area (Å²) in [4.78, 5) is 31.9. The van der Waals surface area contributed by atoms with E-state index in [1.54, 1.807) is 12.1 Å². The van der Waals surface area contributed by atoms with Gasteiger partial charge in [-0.3, -0.25) is 14.3 Å². The van der Waals surface area contributed by atoms with Gasteiger partial charge in [0.1, 0.15) is 11.1 Å². The first kappa shape index (κ1) is 19.7. The third-order valence-electron chi connectivity index (χ3n) is 5.80. The number of carbonyl (C=O) groups excluding carboxylic acids is 2. The average molecular weight is 439 g/mol. The molecule has 3 N–H and O–H groups in total. The molecule has 1 aliphatic heterocycles. The van der Waals surface area contributed by atoms with Crippen molar-refractivity contribution in [2.45, 2.75) is 37.0 Å². The molecule has 1 saturated carbocycles. The van der Waals surface area contributed by atoms with E-state index >= 15 is 0 Å². The van der Waals surface area contributed by atoms with Gasteiger partial charge in [0.15, 0.2) is 0 Å². The molecule has 2 aromatic carbocycles. The SMILES string of the molecule is O=C1CC(c2ccc(C[C@H](NC(=O)C3CC3)c3nc4ccccc4[nH]3)cc2)S(=O)(=O)N1. The zero-order valence-electron chi connectivity index (χ0n) is 16.7. The van der Waals surface area contributed by atoms with Crippen LogP contribution in [0.5, 0.6) is 0 Å². The van der Waals surface area contributed by atoms with Gasteiger partial charge < -0.3 is 10.3 Å². The lowest BCUT2D eigenvalue weighted by Crippen LogP contribution is -2.31. The minimum Gasteiger partial charge on any atom is -0.346 e. The van der Waals surface area contributed by atoms with Crippen LogP contribution in [-0.4, -0.2) is 30.2 Å². The van der Waals surface area contributed by atoms with E-state index in [0.717, 1.165) is 29.4 Å². The lowest BCUT2D eigenvalue weighted by atomic mass is 10.0. The summed E-state index contributed by atoms with van der Waals surface area (Å²) in [5, 5.41) is 2.24. The maximum Gasteiger partial charge on any atom is 0.242 e. The molecule has 0 radical (unpaired) electrons. The van der Waals surface area contributed by atoms with Gasteiger partial charge in [0.2, 0.25) is 21.8 Å². The fraction of sp³-hybridized carbons (Fsp3) is 0.318. The Bertz CT molecular complexity index is 1230. The Morgan fingerprint density at radius 2 is 1.87 bits per heavy atom. The van der Waals surface area contributed by atoms with Crippen molar-refractivity contribution in [1.29, 1.82) is 0 Å². The molecule has 2 heterocycles. The Labute approximate surface area is 179 Å². The van der Waals surface area contributed by atoms with E-state index in [1.165, 1.54) is 0 Å². The molecule has 0 spiro atoms. The molecule has 1 unspecified atom stereocenters. The molecule has 1 saturated heterocycles. The number of H-pyrrole nitrogens is 1. The van der Waals surface area contributed by atoms with E-state index in [4.69, 9.17) is 0 Å². The first-order valence-corrected chi connectivity index (χ1v) is 11.8. The van der Waals surface area contributed by atoms with Crippen LogP contribution in [0, 0.1) is 5.92 Å². The zero-order chi connectivity index (χ0) is 21.6. The van der Waals surface area contributed by atoms with Crippen molar-refractivity contribution in [1.82, 2.24) is 20.0 Å². The van der Waals surface area contributed by atoms with E-state index in [9.17, 15) is 18.0 Å². The lowest BCUT2D eigenvalue weighted by Gasteiger charge is -2.17. The van der Waals surface area contributed by atoms with Crippen LogP contribution >= 0.6 is 0 Å². The quantitative estimate of drug-likeness (QED) is 0.545. The molecule has 160 valence electrons. The van der Waals surface area contributed by atoms with Crippen molar-refractivity contribution >= 4 is 32.9 Å². The topological polar surface area (TPSA) is 121 Å². The minimum atomic E-state index is -3.67. The molecule has 2 atom stereocenters. The molecule has 8 nitrogen and oxygen atoms in total. The smallest absolute Gasteiger partial charge is 0.242 e. The van der Waals surface area contributed by atoms with Crippen molar-refractivity contribution in [2.24, 2.45) is 5.92 Å². The summed E-state index contributed by atoms with van der Waals surface area (Å²) in [5.74, 6) is 0.310. The van der Waals surface area contributed by atoms with Gasteiger partial charge in [0.25, 0.3) is 0 Å². The van der Waals surface area contributed by atoms with Gasteiger partial charge in [-0.2, -0.15) is 0 Å². The van der Waals surface area contributed by atoms with Crippen LogP contribution in [0.3, 0.4) is 0 Å². The predicted octanol–water partition coefficient (Wildman–Crippen LogP) is 2.26. The maximum absolute atomic E-state index is 12.5. The molecular weight excluding hydrogens is 416 g/mol. The number of nitrogens with one attached hydrogen (secondary N) is 3. The summed E-state index contributed by atoms with van der Waals surface area (Å²) in [7, 11) is -3.67. The highest BCUT2D eigenvalue weighted by molar-refractivity contribution is 7.90. The number of aromatic amines is 1. The highest BCUT2D eigenvalue weighted by Gasteiger charge is 2.37. The molecule has 2 fully saturated rings. The van der Waals surface area contributed by atoms with Gasteiger partial charge in [-0.25, -0.2) is 13.4 Å². The molecule has 2 aliphatic rings. The third kappa shape index (κ3) is 4.05. The van der Waals surface area contributed by atoms with Gasteiger partial charge in [0.05, 0.1) is 23.5 Å². The molecule has 1 aliphatic carbocycles. The van der Waals surface area contributed by atoms with Gasteiger partial charge in [-0.15, -0.1) is 0 Å². The van der Waals surface area contributed by atoms with E-state index in [1.807, 2.05) is 41.1 Å². The molecule has 5 rings (SSSR count). The van der Waals surface area contributed by atoms with Crippen LogP contribution in [0.15, 0.2) is 48.5 Å². The highest BCUT2D eigenvalue weighted by Crippen LogP contribution is 2.32. The summed E-state index contributed by atoms with van der Waals surface area (Å²) >= 11 is 0. The maximum atomic E-state index is 12.5. The fourth-order valence-electron chi connectivity index (χ4n) is 3.94. The lowest BCUT2D eigenvalue weighted by molar-refractivity contribution is -0.123. The second-order valence-electron chi connectivity index (χ2n) is 8.18. The van der Waals surface area contributed by atoms with Crippen LogP contribution in [0.4, 0.5) is 0 Å². The highest BCUT2D eigenvalue weighted by atomic mass is 32.2. The van der Waals surface area contributed by atoms with Crippen molar-refractivity contribution < 1.29 is 18.0 Å². The fourth-order valence-corrected chi connectivity index (χ4v) is 5.37. The Morgan fingerprint density at radius 1 is 1.13 bits per heavy atom. The van der Waals surface area contributed by atoms with Crippen LogP contribution in [-0.2, 0) is 26.0 Å². The van der Waals surface area contributed by atoms with Crippen molar-refractivity contribution in [3.8, 4) is 0 Å². The summed E-state index contributed by atoms with van der Waals surface area (Å²) in [6.07, 6.45) is 2.26. The van der Waals surface area contributed by atoms with E-state index in [-0.39, 0.29) is 24.3 Å². The first-order chi connectivity index (χ1) is 14.9. The van der Waals surface area contributed by atoms with E-state index < -0.39 is 21.2 Å². The second kappa shape index (κ2) is 7.49. The Morgan fingerprint density at radius 3 is 2.52 bits per heavy atom. The van der Waals surface area contributed by atoms with Crippen LogP contribution in [0.2, 0.25) is 0 Å². The Kier molecular flexibility index (Phi) is 4.77. The minimum absolute atomic E-state index is 0.0312. The summed E-state index contributed by atoms with van der Waals surface area (Å²) in [6.45, 7) is 0. The van der Waals surface area contributed by atoms with Crippen molar-refractivity contribution in [3.63, 3.8) is 0 Å². The number of para-hydroxylation sites is 2. The van der Waals surface area contributed by atoms with E-state index in [0.29, 0.717) is 17.8 Å². The van der Waals surface area contributed by atoms with Gasteiger partial charge in [-0.1, -0.05) is 36.4 Å². The molecule has 31 heavy (non-hydrogen) atoms. The molecule has 9 heteroatoms. The molecule has 3 aromatic rings. The molecule has 2 amide bonds. The monoisotopic (exact) mass is 438 g/mol. The number of aromatic nitrogens is 2. The van der Waals surface area contributed by atoms with Gasteiger partial charge in [0, 0.05) is 5.92 Å². The van der Waals surface area contributed by atoms with Crippen LogP contribution in [0.1, 0.15) is 47.5 Å². The van der Waals surface area contributed by atoms with Crippen LogP contribution in [0.25, 0.3) is 11.0 Å². The summed E-state index contributed by atoms with van der Waals surface area (Å²) < 4.78 is 26.2. The molecular formula is C22H22N4O4S. The van der Waals surface area contributed by atoms with Crippen LogP contribution < -0.4 is 10.0 Å². The average Bonchev–Trinajstić information content (AvgIpc) is 3.44. The first-order valence-electron chi connectivity index (χ1n) is 10.3. The summed E-state index contributed by atoms with van der Waals surface area (Å²) in [5.41, 5.74) is 3.24. The van der Waals surface area contributed by atoms with Gasteiger partial charge in [-0.05, 0) is 42.5 Å². The van der Waals surface area contributed by atoms with Crippen molar-refractivity contribution in [2.75, 3.05) is 0 Å². The predicted molar refractivity (Wildman–Crippen MR) is 114 cm³/mol. The summed E-state index contributed by atoms with van der Waals surface area (Å²) in [6, 6.07) is 14.5. The number of nitrogens with zero attached hydrogens (tertiary/aromatic N) is 1.